The highest BCUT2D eigenvalue weighted by atomic mass is 16.3. The van der Waals surface area contributed by atoms with Crippen LogP contribution in [0.4, 0.5) is 11.6 Å². The molecule has 2 aliphatic rings. The van der Waals surface area contributed by atoms with E-state index in [-0.39, 0.29) is 34.9 Å². The van der Waals surface area contributed by atoms with Crippen molar-refractivity contribution in [2.75, 3.05) is 4.90 Å². The summed E-state index contributed by atoms with van der Waals surface area (Å²) in [7, 11) is 0. The Hall–Kier alpha value is -8.35. The van der Waals surface area contributed by atoms with Gasteiger partial charge in [-0.15, -0.1) is 0 Å². The first-order chi connectivity index (χ1) is 39.6. The summed E-state index contributed by atoms with van der Waals surface area (Å²) in [6.45, 7) is 0. The van der Waals surface area contributed by atoms with Crippen molar-refractivity contribution in [3.8, 4) is 50.7 Å². The fraction of sp³-hybridized carbons (Fsp3) is 0.0351. The van der Waals surface area contributed by atoms with Gasteiger partial charge in [-0.3, -0.25) is 0 Å². The number of aromatic nitrogens is 4. The summed E-state index contributed by atoms with van der Waals surface area (Å²) in [5.41, 5.74) is -0.387. The van der Waals surface area contributed by atoms with Crippen LogP contribution in [0.1, 0.15) is 38.9 Å². The van der Waals surface area contributed by atoms with Crippen LogP contribution in [0.2, 0.25) is 0 Å². The lowest BCUT2D eigenvalue weighted by Crippen LogP contribution is -2.30. The third kappa shape index (κ3) is 5.55. The van der Waals surface area contributed by atoms with Crippen molar-refractivity contribution in [1.29, 1.82) is 0 Å². The van der Waals surface area contributed by atoms with E-state index in [2.05, 4.69) is 0 Å². The van der Waals surface area contributed by atoms with E-state index in [0.29, 0.717) is 27.7 Å². The Kier molecular flexibility index (Phi) is 4.69. The number of furan rings is 1. The number of rotatable bonds is 6. The smallest absolute Gasteiger partial charge is 0.234 e. The average Bonchev–Trinajstić information content (AvgIpc) is 2.29. The first kappa shape index (κ1) is 21.0. The first-order valence-corrected chi connectivity index (χ1v) is 19.8. The zero-order chi connectivity index (χ0) is 58.8. The van der Waals surface area contributed by atoms with E-state index >= 15 is 0 Å². The van der Waals surface area contributed by atoms with Gasteiger partial charge in [-0.2, -0.15) is 9.97 Å². The molecule has 0 bridgehead atoms. The Morgan fingerprint density at radius 1 is 0.540 bits per heavy atom. The second-order valence-electron chi connectivity index (χ2n) is 14.8. The maximum absolute atomic E-state index is 9.96. The van der Waals surface area contributed by atoms with Gasteiger partial charge < -0.3 is 13.9 Å². The quantitative estimate of drug-likeness (QED) is 0.167. The number of hydrogen-bond acceptors (Lipinski definition) is 5. The highest BCUT2D eigenvalue weighted by Gasteiger charge is 2.42. The minimum atomic E-state index is -1.63. The first-order valence-electron chi connectivity index (χ1n) is 29.8. The molecule has 2 unspecified atom stereocenters. The molecular weight excluding hydrogens is 771 g/mol. The van der Waals surface area contributed by atoms with Crippen molar-refractivity contribution >= 4 is 55.4 Å². The van der Waals surface area contributed by atoms with Gasteiger partial charge in [-0.1, -0.05) is 182 Å². The van der Waals surface area contributed by atoms with Gasteiger partial charge in [0, 0.05) is 38.7 Å². The van der Waals surface area contributed by atoms with Gasteiger partial charge in [-0.25, -0.2) is 4.98 Å². The van der Waals surface area contributed by atoms with Crippen molar-refractivity contribution in [3.63, 3.8) is 0 Å². The molecule has 1 aliphatic heterocycles. The summed E-state index contributed by atoms with van der Waals surface area (Å²) in [6.07, 6.45) is 0. The molecule has 0 fully saturated rings. The van der Waals surface area contributed by atoms with Crippen molar-refractivity contribution < 1.29 is 31.8 Å². The third-order valence-electron chi connectivity index (χ3n) is 11.3. The molecule has 13 rings (SSSR count). The predicted molar refractivity (Wildman–Crippen MR) is 257 cm³/mol. The van der Waals surface area contributed by atoms with E-state index in [0.717, 1.165) is 21.1 Å². The van der Waals surface area contributed by atoms with Gasteiger partial charge in [-0.05, 0) is 58.1 Å². The van der Waals surface area contributed by atoms with E-state index in [4.69, 9.17) is 34.4 Å². The normalized spacial score (nSPS) is 20.5. The van der Waals surface area contributed by atoms with Gasteiger partial charge in [0.2, 0.25) is 5.95 Å². The number of benzene rings is 8. The summed E-state index contributed by atoms with van der Waals surface area (Å²) >= 11 is 0. The molecule has 1 aliphatic carbocycles. The van der Waals surface area contributed by atoms with Crippen LogP contribution in [-0.4, -0.2) is 25.6 Å². The van der Waals surface area contributed by atoms with Crippen LogP contribution >= 0.6 is 0 Å². The Labute approximate surface area is 391 Å². The maximum atomic E-state index is 9.96. The number of allylic oxidation sites excluding steroid dienone is 2. The fourth-order valence-electron chi connectivity index (χ4n) is 8.63. The molecule has 0 saturated carbocycles. The van der Waals surface area contributed by atoms with E-state index in [1.807, 2.05) is 54.6 Å². The minimum Gasteiger partial charge on any atom is -0.455 e. The molecule has 0 spiro atoms. The van der Waals surface area contributed by atoms with Crippen LogP contribution in [0.25, 0.3) is 94.5 Å². The van der Waals surface area contributed by atoms with Crippen molar-refractivity contribution in [2.24, 2.45) is 0 Å². The van der Waals surface area contributed by atoms with Crippen molar-refractivity contribution in [3.05, 3.63) is 217 Å². The van der Waals surface area contributed by atoms with Crippen LogP contribution in [-0.2, 0) is 0 Å². The summed E-state index contributed by atoms with van der Waals surface area (Å²) in [6, 6.07) is 10.2. The molecule has 0 N–H and O–H groups in total. The van der Waals surface area contributed by atoms with E-state index in [9.17, 15) is 12.3 Å². The fourth-order valence-corrected chi connectivity index (χ4v) is 8.63. The zero-order valence-corrected chi connectivity index (χ0v) is 32.5. The number of fused-ring (bicyclic) bond motifs is 10. The van der Waals surface area contributed by atoms with Crippen molar-refractivity contribution in [2.45, 2.75) is 12.0 Å². The summed E-state index contributed by atoms with van der Waals surface area (Å²) in [5.74, 6) is -2.03. The molecule has 3 aromatic heterocycles. The standard InChI is InChI=1S/C57H37N5O/c1-4-17-36(18-5-1)39-23-14-24-40(35-39)61-48-30-12-10-25-42(48)44-33-34-45-43-26-11-13-31-49(43)62(53(45)52(44)61)57-59-55(38-21-8-3-9-22-38)58-56(60-57)47-29-15-28-46-51-41(37-19-6-2-7-20-37)27-16-32-50(51)63-54(46)47/h1-35,43,49H/i1D,3D,4D,5D,10D,11D,12D,13D,14D,17D,18D,23D,24D,25D,26D,30D,31D,33D,34D,35D. The lowest BCUT2D eigenvalue weighted by Gasteiger charge is -2.27. The number of anilines is 2. The molecule has 6 heteroatoms. The lowest BCUT2D eigenvalue weighted by molar-refractivity contribution is 0.669. The average molecular weight is 828 g/mol. The van der Waals surface area contributed by atoms with Crippen LogP contribution in [0, 0.1) is 0 Å². The van der Waals surface area contributed by atoms with E-state index in [1.165, 1.54) is 17.0 Å². The minimum absolute atomic E-state index is 0.0389. The number of hydrogen-bond donors (Lipinski definition) is 0. The second kappa shape index (κ2) is 14.1. The predicted octanol–water partition coefficient (Wildman–Crippen LogP) is 14.3. The second-order valence-corrected chi connectivity index (χ2v) is 14.8. The molecule has 296 valence electrons. The Morgan fingerprint density at radius 2 is 1.32 bits per heavy atom. The summed E-state index contributed by atoms with van der Waals surface area (Å²) in [4.78, 5) is 16.3. The van der Waals surface area contributed by atoms with Gasteiger partial charge >= 0.3 is 0 Å². The monoisotopic (exact) mass is 827 g/mol. The van der Waals surface area contributed by atoms with Crippen LogP contribution in [0.3, 0.4) is 0 Å². The molecular formula is C57H37N5O. The van der Waals surface area contributed by atoms with Crippen LogP contribution in [0.5, 0.6) is 0 Å². The highest BCUT2D eigenvalue weighted by molar-refractivity contribution is 6.16. The summed E-state index contributed by atoms with van der Waals surface area (Å²) in [5, 5.41) is 0.596. The third-order valence-corrected chi connectivity index (χ3v) is 11.3. The molecule has 4 heterocycles. The molecule has 0 amide bonds. The van der Waals surface area contributed by atoms with Gasteiger partial charge in [0.15, 0.2) is 11.6 Å². The topological polar surface area (TPSA) is 60.0 Å². The van der Waals surface area contributed by atoms with E-state index < -0.39 is 165 Å². The number of para-hydroxylation sites is 2. The van der Waals surface area contributed by atoms with Crippen molar-refractivity contribution in [1.82, 2.24) is 19.5 Å². The summed E-state index contributed by atoms with van der Waals surface area (Å²) < 4.78 is 191. The molecule has 8 aromatic carbocycles. The molecule has 0 saturated heterocycles. The van der Waals surface area contributed by atoms with Gasteiger partial charge in [0.25, 0.3) is 0 Å². The molecule has 6 nitrogen and oxygen atoms in total. The Balaban J connectivity index is 1.21. The van der Waals surface area contributed by atoms with Crippen LogP contribution < -0.4 is 4.90 Å². The van der Waals surface area contributed by atoms with E-state index in [1.54, 1.807) is 24.3 Å². The molecule has 0 radical (unpaired) electrons. The molecule has 63 heavy (non-hydrogen) atoms. The maximum Gasteiger partial charge on any atom is 0.234 e. The van der Waals surface area contributed by atoms with Gasteiger partial charge in [0.1, 0.15) is 11.2 Å². The number of nitrogens with zero attached hydrogens (tertiary/aromatic N) is 5. The zero-order valence-electron chi connectivity index (χ0n) is 52.5. The van der Waals surface area contributed by atoms with Crippen LogP contribution in [0.15, 0.2) is 216 Å². The molecule has 11 aromatic rings. The largest absolute Gasteiger partial charge is 0.455 e. The SMILES string of the molecule is [2H]C1=C([2H])C2c3c([2H])c([2H])c4c5c([2H])c([2H])c([2H])c([2H])c5n(-c5c([2H])c([2H])c([2H])c(-c6c([2H])c([2H])c([2H])c([2H])c6[2H])c5[2H])c4c3N(c3nc(-c4ccc([2H])cc4)nc(-c4cccc5c4oc4cccc(-c6ccccc6)c45)n3)C2C([2H])=C1[2H]. The Bertz CT molecular complexity index is 4800. The van der Waals surface area contributed by atoms with Gasteiger partial charge in [0.05, 0.1) is 55.7 Å². The Morgan fingerprint density at radius 3 is 2.22 bits per heavy atom. The lowest BCUT2D eigenvalue weighted by atomic mass is 9.91. The molecule has 2 atom stereocenters. The highest BCUT2D eigenvalue weighted by Crippen LogP contribution is 2.52.